The minimum atomic E-state index is -0.488. The van der Waals surface area contributed by atoms with Crippen molar-refractivity contribution in [2.75, 3.05) is 0 Å². The molecule has 1 aromatic heterocycles. The van der Waals surface area contributed by atoms with Crippen LogP contribution in [0.2, 0.25) is 0 Å². The van der Waals surface area contributed by atoms with E-state index in [0.29, 0.717) is 13.2 Å². The van der Waals surface area contributed by atoms with Gasteiger partial charge in [0.05, 0.1) is 35.6 Å². The fourth-order valence-corrected chi connectivity index (χ4v) is 1.46. The van der Waals surface area contributed by atoms with Crippen LogP contribution in [0.1, 0.15) is 19.5 Å². The molecule has 0 aliphatic carbocycles. The average Bonchev–Trinajstić information content (AvgIpc) is 2.45. The minimum absolute atomic E-state index is 0.110. The molecule has 0 aromatic carbocycles. The Morgan fingerprint density at radius 3 is 3.07 bits per heavy atom. The van der Waals surface area contributed by atoms with Crippen LogP contribution < -0.4 is 0 Å². The Morgan fingerprint density at radius 2 is 2.43 bits per heavy atom. The molecule has 1 aliphatic heterocycles. The van der Waals surface area contributed by atoms with E-state index in [0.717, 1.165) is 5.69 Å². The van der Waals surface area contributed by atoms with Crippen LogP contribution in [0.25, 0.3) is 0 Å². The van der Waals surface area contributed by atoms with Gasteiger partial charge in [-0.3, -0.25) is 0 Å². The summed E-state index contributed by atoms with van der Waals surface area (Å²) in [5.74, 6) is -0.110. The molecule has 0 amide bonds. The fraction of sp³-hybridized carbons (Fsp3) is 0.625. The Hall–Kier alpha value is -1.43. The van der Waals surface area contributed by atoms with Crippen molar-refractivity contribution in [2.45, 2.75) is 32.6 Å². The summed E-state index contributed by atoms with van der Waals surface area (Å²) in [6.07, 6.45) is 0. The zero-order valence-corrected chi connectivity index (χ0v) is 8.06. The summed E-state index contributed by atoms with van der Waals surface area (Å²) < 4.78 is 7.14. The molecule has 0 saturated heterocycles. The molecule has 2 rings (SSSR count). The van der Waals surface area contributed by atoms with Crippen LogP contribution in [0.4, 0.5) is 5.82 Å². The monoisotopic (exact) mass is 197 g/mol. The molecule has 1 aliphatic rings. The summed E-state index contributed by atoms with van der Waals surface area (Å²) in [6, 6.07) is 1.45. The third kappa shape index (κ3) is 1.48. The van der Waals surface area contributed by atoms with Gasteiger partial charge in [0.25, 0.3) is 0 Å². The van der Waals surface area contributed by atoms with Crippen molar-refractivity contribution >= 4 is 5.82 Å². The summed E-state index contributed by atoms with van der Waals surface area (Å²) in [4.78, 5) is 9.98. The molecule has 0 bridgehead atoms. The van der Waals surface area contributed by atoms with Crippen LogP contribution in [-0.2, 0) is 17.9 Å². The summed E-state index contributed by atoms with van der Waals surface area (Å²) in [5.41, 5.74) is 0.461. The zero-order valence-electron chi connectivity index (χ0n) is 8.06. The van der Waals surface area contributed by atoms with Gasteiger partial charge in [-0.15, -0.1) is 0 Å². The van der Waals surface area contributed by atoms with Gasteiger partial charge in [0, 0.05) is 0 Å². The van der Waals surface area contributed by atoms with Crippen molar-refractivity contribution < 1.29 is 9.66 Å². The van der Waals surface area contributed by atoms with Gasteiger partial charge in [-0.2, -0.15) is 4.68 Å². The molecule has 0 saturated carbocycles. The highest BCUT2D eigenvalue weighted by Gasteiger charge is 2.31. The molecule has 0 N–H and O–H groups in total. The van der Waals surface area contributed by atoms with Gasteiger partial charge < -0.3 is 14.9 Å². The number of fused-ring (bicyclic) bond motifs is 1. The van der Waals surface area contributed by atoms with Crippen LogP contribution in [0.15, 0.2) is 6.07 Å². The van der Waals surface area contributed by atoms with E-state index < -0.39 is 4.92 Å². The maximum Gasteiger partial charge on any atom is 0.390 e. The number of ether oxygens (including phenoxy) is 1. The van der Waals surface area contributed by atoms with Crippen molar-refractivity contribution in [1.82, 2.24) is 9.78 Å². The molecule has 0 radical (unpaired) electrons. The highest BCUT2D eigenvalue weighted by Crippen LogP contribution is 2.24. The van der Waals surface area contributed by atoms with Crippen LogP contribution in [0, 0.1) is 10.1 Å². The van der Waals surface area contributed by atoms with Crippen molar-refractivity contribution in [2.24, 2.45) is 0 Å². The Balaban J connectivity index is 2.34. The molecule has 76 valence electrons. The number of nitro groups is 1. The molecule has 2 heterocycles. The number of rotatable bonds is 1. The third-order valence-electron chi connectivity index (χ3n) is 2.18. The molecule has 0 spiro atoms. The second-order valence-electron chi connectivity index (χ2n) is 3.96. The van der Waals surface area contributed by atoms with Crippen molar-refractivity contribution in [3.05, 3.63) is 21.9 Å². The van der Waals surface area contributed by atoms with Crippen molar-refractivity contribution in [1.29, 1.82) is 0 Å². The Morgan fingerprint density at radius 1 is 1.71 bits per heavy atom. The normalized spacial score (nSPS) is 19.0. The fourth-order valence-electron chi connectivity index (χ4n) is 1.46. The van der Waals surface area contributed by atoms with Crippen LogP contribution >= 0.6 is 0 Å². The summed E-state index contributed by atoms with van der Waals surface area (Å²) in [5, 5.41) is 14.4. The molecule has 14 heavy (non-hydrogen) atoms. The summed E-state index contributed by atoms with van der Waals surface area (Å²) in [7, 11) is 0. The first-order valence-corrected chi connectivity index (χ1v) is 4.33. The predicted molar refractivity (Wildman–Crippen MR) is 47.7 cm³/mol. The number of nitrogens with zero attached hydrogens (tertiary/aromatic N) is 3. The van der Waals surface area contributed by atoms with Gasteiger partial charge in [0.15, 0.2) is 0 Å². The smallest absolute Gasteiger partial charge is 0.367 e. The minimum Gasteiger partial charge on any atom is -0.367 e. The van der Waals surface area contributed by atoms with E-state index >= 15 is 0 Å². The van der Waals surface area contributed by atoms with E-state index in [1.165, 1.54) is 6.07 Å². The third-order valence-corrected chi connectivity index (χ3v) is 2.18. The lowest BCUT2D eigenvalue weighted by Gasteiger charge is -2.28. The van der Waals surface area contributed by atoms with Gasteiger partial charge >= 0.3 is 5.82 Å². The molecule has 0 atom stereocenters. The van der Waals surface area contributed by atoms with E-state index in [4.69, 9.17) is 4.74 Å². The van der Waals surface area contributed by atoms with Crippen LogP contribution in [0.3, 0.4) is 0 Å². The van der Waals surface area contributed by atoms with Crippen LogP contribution in [0.5, 0.6) is 0 Å². The number of hydrogen-bond donors (Lipinski definition) is 0. The van der Waals surface area contributed by atoms with Gasteiger partial charge in [-0.1, -0.05) is 0 Å². The molecular weight excluding hydrogens is 186 g/mol. The van der Waals surface area contributed by atoms with Gasteiger partial charge in [-0.25, -0.2) is 0 Å². The maximum absolute atomic E-state index is 10.5. The van der Waals surface area contributed by atoms with E-state index in [1.807, 2.05) is 13.8 Å². The Labute approximate surface area is 80.6 Å². The molecular formula is C8H11N3O3. The highest BCUT2D eigenvalue weighted by molar-refractivity contribution is 5.22. The predicted octanol–water partition coefficient (Wildman–Crippen LogP) is 1.10. The second-order valence-corrected chi connectivity index (χ2v) is 3.96. The van der Waals surface area contributed by atoms with Crippen molar-refractivity contribution in [3.63, 3.8) is 0 Å². The molecule has 6 nitrogen and oxygen atoms in total. The first kappa shape index (κ1) is 9.14. The lowest BCUT2D eigenvalue weighted by Crippen LogP contribution is -2.36. The van der Waals surface area contributed by atoms with Gasteiger partial charge in [0.1, 0.15) is 0 Å². The first-order valence-electron chi connectivity index (χ1n) is 4.33. The second kappa shape index (κ2) is 2.78. The van der Waals surface area contributed by atoms with E-state index in [9.17, 15) is 10.1 Å². The van der Waals surface area contributed by atoms with E-state index in [-0.39, 0.29) is 11.4 Å². The van der Waals surface area contributed by atoms with Gasteiger partial charge in [-0.05, 0) is 18.8 Å². The van der Waals surface area contributed by atoms with E-state index in [2.05, 4.69) is 5.10 Å². The molecule has 6 heteroatoms. The molecule has 0 fully saturated rings. The standard InChI is InChI=1S/C8H11N3O3/c1-8(2)5-10-6(4-14-8)3-7(9-10)11(12)13/h3H,4-5H2,1-2H3. The van der Waals surface area contributed by atoms with Crippen molar-refractivity contribution in [3.8, 4) is 0 Å². The molecule has 1 aromatic rings. The van der Waals surface area contributed by atoms with E-state index in [1.54, 1.807) is 4.68 Å². The zero-order chi connectivity index (χ0) is 10.3. The SMILES string of the molecule is CC1(C)Cn2nc([N+](=O)[O-])cc2CO1. The number of hydrogen-bond acceptors (Lipinski definition) is 4. The highest BCUT2D eigenvalue weighted by atomic mass is 16.6. The Bertz CT molecular complexity index is 383. The van der Waals surface area contributed by atoms with Gasteiger partial charge in [0.2, 0.25) is 0 Å². The lowest BCUT2D eigenvalue weighted by molar-refractivity contribution is -0.389. The largest absolute Gasteiger partial charge is 0.390 e. The summed E-state index contributed by atoms with van der Waals surface area (Å²) in [6.45, 7) is 4.80. The number of aromatic nitrogens is 2. The topological polar surface area (TPSA) is 70.2 Å². The molecule has 0 unspecified atom stereocenters. The maximum atomic E-state index is 10.5. The summed E-state index contributed by atoms with van der Waals surface area (Å²) >= 11 is 0. The van der Waals surface area contributed by atoms with Crippen LogP contribution in [-0.4, -0.2) is 20.3 Å². The lowest BCUT2D eigenvalue weighted by atomic mass is 10.1. The Kier molecular flexibility index (Phi) is 1.81. The average molecular weight is 197 g/mol. The first-order chi connectivity index (χ1) is 6.48. The quantitative estimate of drug-likeness (QED) is 0.499.